The first-order valence-electron chi connectivity index (χ1n) is 5.04. The maximum absolute atomic E-state index is 11.6. The Morgan fingerprint density at radius 2 is 2.19 bits per heavy atom. The zero-order chi connectivity index (χ0) is 12.1. The predicted molar refractivity (Wildman–Crippen MR) is 63.1 cm³/mol. The second-order valence-electron chi connectivity index (χ2n) is 3.97. The Balaban J connectivity index is 2.54. The highest BCUT2D eigenvalue weighted by molar-refractivity contribution is 6.29. The van der Waals surface area contributed by atoms with Crippen molar-refractivity contribution in [2.45, 2.75) is 26.3 Å². The molecular formula is C10H15ClN4O. The van der Waals surface area contributed by atoms with E-state index in [0.717, 1.165) is 0 Å². The number of hydrogen-bond donors (Lipinski definition) is 2. The number of halogens is 1. The minimum Gasteiger partial charge on any atom is -0.320 e. The zero-order valence-corrected chi connectivity index (χ0v) is 10.0. The third-order valence-corrected chi connectivity index (χ3v) is 2.15. The normalized spacial score (nSPS) is 12.6. The molecule has 6 heteroatoms. The lowest BCUT2D eigenvalue weighted by atomic mass is 10.0. The number of anilines is 1. The van der Waals surface area contributed by atoms with Crippen LogP contribution in [0.1, 0.15) is 20.3 Å². The molecule has 1 rings (SSSR count). The van der Waals surface area contributed by atoms with Crippen LogP contribution in [0.25, 0.3) is 0 Å². The van der Waals surface area contributed by atoms with Crippen LogP contribution in [0.5, 0.6) is 0 Å². The van der Waals surface area contributed by atoms with Crippen LogP contribution in [0.4, 0.5) is 5.82 Å². The molecule has 1 aromatic rings. The van der Waals surface area contributed by atoms with Crippen molar-refractivity contribution in [2.75, 3.05) is 5.32 Å². The van der Waals surface area contributed by atoms with Crippen molar-refractivity contribution in [1.82, 2.24) is 10.2 Å². The molecule has 0 bridgehead atoms. The van der Waals surface area contributed by atoms with E-state index in [0.29, 0.717) is 18.2 Å². The molecule has 0 aromatic carbocycles. The minimum absolute atomic E-state index is 0.259. The lowest BCUT2D eigenvalue weighted by Crippen LogP contribution is -2.36. The molecule has 5 nitrogen and oxygen atoms in total. The second-order valence-corrected chi connectivity index (χ2v) is 4.35. The average molecular weight is 243 g/mol. The van der Waals surface area contributed by atoms with Crippen molar-refractivity contribution < 1.29 is 4.79 Å². The summed E-state index contributed by atoms with van der Waals surface area (Å²) in [5.41, 5.74) is 5.71. The first kappa shape index (κ1) is 12.9. The second kappa shape index (κ2) is 5.77. The Bertz CT molecular complexity index is 352. The number of carbonyl (C=O) groups is 1. The molecule has 1 amide bonds. The summed E-state index contributed by atoms with van der Waals surface area (Å²) in [4.78, 5) is 11.6. The summed E-state index contributed by atoms with van der Waals surface area (Å²) in [5, 5.41) is 10.2. The number of nitrogens with two attached hydrogens (primary N) is 1. The van der Waals surface area contributed by atoms with Gasteiger partial charge >= 0.3 is 0 Å². The molecule has 16 heavy (non-hydrogen) atoms. The van der Waals surface area contributed by atoms with E-state index in [2.05, 4.69) is 15.5 Å². The van der Waals surface area contributed by atoms with Gasteiger partial charge in [-0.3, -0.25) is 4.79 Å². The maximum Gasteiger partial charge on any atom is 0.242 e. The largest absolute Gasteiger partial charge is 0.320 e. The molecule has 0 aliphatic heterocycles. The van der Waals surface area contributed by atoms with Crippen LogP contribution in [-0.4, -0.2) is 22.1 Å². The van der Waals surface area contributed by atoms with Crippen LogP contribution in [0.3, 0.4) is 0 Å². The van der Waals surface area contributed by atoms with E-state index in [1.54, 1.807) is 12.1 Å². The maximum atomic E-state index is 11.6. The SMILES string of the molecule is CC(C)C[C@@H](N)C(=O)Nc1ccc(Cl)nn1. The fourth-order valence-electron chi connectivity index (χ4n) is 1.22. The van der Waals surface area contributed by atoms with Crippen molar-refractivity contribution >= 4 is 23.3 Å². The molecule has 0 radical (unpaired) electrons. The summed E-state index contributed by atoms with van der Waals surface area (Å²) in [6, 6.07) is 2.60. The molecule has 1 aromatic heterocycles. The molecule has 0 saturated heterocycles. The lowest BCUT2D eigenvalue weighted by molar-refractivity contribution is -0.117. The third-order valence-electron chi connectivity index (χ3n) is 1.95. The quantitative estimate of drug-likeness (QED) is 0.837. The van der Waals surface area contributed by atoms with Gasteiger partial charge in [0.2, 0.25) is 5.91 Å². The Hall–Kier alpha value is -1.20. The molecule has 0 unspecified atom stereocenters. The van der Waals surface area contributed by atoms with Gasteiger partial charge in [0.25, 0.3) is 0 Å². The monoisotopic (exact) mass is 242 g/mol. The highest BCUT2D eigenvalue weighted by atomic mass is 35.5. The summed E-state index contributed by atoms with van der Waals surface area (Å²) in [5.74, 6) is 0.469. The molecule has 0 fully saturated rings. The van der Waals surface area contributed by atoms with E-state index < -0.39 is 6.04 Å². The molecule has 1 heterocycles. The van der Waals surface area contributed by atoms with Gasteiger partial charge in [-0.15, -0.1) is 10.2 Å². The topological polar surface area (TPSA) is 80.9 Å². The molecule has 0 aliphatic carbocycles. The lowest BCUT2D eigenvalue weighted by Gasteiger charge is -2.13. The molecule has 3 N–H and O–H groups in total. The van der Waals surface area contributed by atoms with E-state index in [4.69, 9.17) is 17.3 Å². The standard InChI is InChI=1S/C10H15ClN4O/c1-6(2)5-7(12)10(16)13-9-4-3-8(11)14-15-9/h3-4,6-7H,5,12H2,1-2H3,(H,13,15,16)/t7-/m1/s1. The number of amides is 1. The Kier molecular flexibility index (Phi) is 4.64. The smallest absolute Gasteiger partial charge is 0.242 e. The number of hydrogen-bond acceptors (Lipinski definition) is 4. The molecule has 1 atom stereocenters. The van der Waals surface area contributed by atoms with Crippen molar-refractivity contribution in [2.24, 2.45) is 11.7 Å². The summed E-state index contributed by atoms with van der Waals surface area (Å²) >= 11 is 5.57. The Morgan fingerprint density at radius 1 is 1.50 bits per heavy atom. The van der Waals surface area contributed by atoms with Gasteiger partial charge in [0, 0.05) is 0 Å². The van der Waals surface area contributed by atoms with Crippen LogP contribution in [0.2, 0.25) is 5.15 Å². The highest BCUT2D eigenvalue weighted by Crippen LogP contribution is 2.08. The highest BCUT2D eigenvalue weighted by Gasteiger charge is 2.15. The van der Waals surface area contributed by atoms with Gasteiger partial charge in [-0.2, -0.15) is 0 Å². The van der Waals surface area contributed by atoms with Crippen LogP contribution in [-0.2, 0) is 4.79 Å². The number of nitrogens with one attached hydrogen (secondary N) is 1. The Labute approximate surface area is 99.4 Å². The van der Waals surface area contributed by atoms with Gasteiger partial charge in [-0.25, -0.2) is 0 Å². The van der Waals surface area contributed by atoms with E-state index in [1.165, 1.54) is 0 Å². The Morgan fingerprint density at radius 3 is 2.69 bits per heavy atom. The fraction of sp³-hybridized carbons (Fsp3) is 0.500. The van der Waals surface area contributed by atoms with Crippen LogP contribution < -0.4 is 11.1 Å². The van der Waals surface area contributed by atoms with E-state index in [9.17, 15) is 4.79 Å². The molecular weight excluding hydrogens is 228 g/mol. The van der Waals surface area contributed by atoms with E-state index >= 15 is 0 Å². The molecule has 0 spiro atoms. The van der Waals surface area contributed by atoms with Crippen molar-refractivity contribution in [3.63, 3.8) is 0 Å². The average Bonchev–Trinajstić information content (AvgIpc) is 2.20. The van der Waals surface area contributed by atoms with Gasteiger partial charge in [0.05, 0.1) is 6.04 Å². The van der Waals surface area contributed by atoms with Crippen LogP contribution in [0, 0.1) is 5.92 Å². The third kappa shape index (κ3) is 4.12. The van der Waals surface area contributed by atoms with Crippen LogP contribution >= 0.6 is 11.6 Å². The molecule has 0 aliphatic rings. The first-order valence-corrected chi connectivity index (χ1v) is 5.42. The van der Waals surface area contributed by atoms with Gasteiger partial charge in [0.15, 0.2) is 11.0 Å². The van der Waals surface area contributed by atoms with Crippen molar-refractivity contribution in [1.29, 1.82) is 0 Å². The van der Waals surface area contributed by atoms with E-state index in [-0.39, 0.29) is 11.1 Å². The number of nitrogens with zero attached hydrogens (tertiary/aromatic N) is 2. The zero-order valence-electron chi connectivity index (χ0n) is 9.27. The number of rotatable bonds is 4. The van der Waals surface area contributed by atoms with Crippen LogP contribution in [0.15, 0.2) is 12.1 Å². The summed E-state index contributed by atoms with van der Waals surface area (Å²) in [7, 11) is 0. The van der Waals surface area contributed by atoms with Gasteiger partial charge in [-0.1, -0.05) is 25.4 Å². The van der Waals surface area contributed by atoms with E-state index in [1.807, 2.05) is 13.8 Å². The fourth-order valence-corrected chi connectivity index (χ4v) is 1.32. The first-order chi connectivity index (χ1) is 7.49. The summed E-state index contributed by atoms with van der Waals surface area (Å²) in [6.07, 6.45) is 0.632. The van der Waals surface area contributed by atoms with Crippen molar-refractivity contribution in [3.8, 4) is 0 Å². The van der Waals surface area contributed by atoms with Gasteiger partial charge in [-0.05, 0) is 24.5 Å². The van der Waals surface area contributed by atoms with Gasteiger partial charge < -0.3 is 11.1 Å². The number of aromatic nitrogens is 2. The minimum atomic E-state index is -0.530. The molecule has 88 valence electrons. The predicted octanol–water partition coefficient (Wildman–Crippen LogP) is 1.44. The van der Waals surface area contributed by atoms with Crippen molar-refractivity contribution in [3.05, 3.63) is 17.3 Å². The summed E-state index contributed by atoms with van der Waals surface area (Å²) < 4.78 is 0. The number of carbonyl (C=O) groups excluding carboxylic acids is 1. The molecule has 0 saturated carbocycles. The summed E-state index contributed by atoms with van der Waals surface area (Å²) in [6.45, 7) is 4.02. The van der Waals surface area contributed by atoms with Gasteiger partial charge in [0.1, 0.15) is 0 Å².